The molecule has 0 saturated heterocycles. The van der Waals surface area contributed by atoms with Gasteiger partial charge in [0, 0.05) is 19.5 Å². The van der Waals surface area contributed by atoms with Gasteiger partial charge < -0.3 is 9.64 Å². The van der Waals surface area contributed by atoms with Crippen molar-refractivity contribution in [2.24, 2.45) is 0 Å². The molecule has 1 aromatic heterocycles. The van der Waals surface area contributed by atoms with E-state index >= 15 is 0 Å². The molecule has 7 heteroatoms. The van der Waals surface area contributed by atoms with Crippen LogP contribution in [-0.2, 0) is 11.2 Å². The molecule has 31 heavy (non-hydrogen) atoms. The Hall–Kier alpha value is -3.32. The van der Waals surface area contributed by atoms with Gasteiger partial charge in [0.15, 0.2) is 5.16 Å². The van der Waals surface area contributed by atoms with E-state index in [-0.39, 0.29) is 11.7 Å². The molecule has 1 amide bonds. The van der Waals surface area contributed by atoms with Gasteiger partial charge in [-0.05, 0) is 17.7 Å². The Kier molecular flexibility index (Phi) is 8.06. The van der Waals surface area contributed by atoms with Crippen LogP contribution in [0.15, 0.2) is 85.1 Å². The minimum Gasteiger partial charge on any atom is -0.495 e. The summed E-state index contributed by atoms with van der Waals surface area (Å²) in [7, 11) is 1.64. The van der Waals surface area contributed by atoms with E-state index in [1.54, 1.807) is 24.2 Å². The molecule has 0 saturated carbocycles. The zero-order valence-electron chi connectivity index (χ0n) is 17.6. The van der Waals surface area contributed by atoms with Crippen molar-refractivity contribution in [2.75, 3.05) is 26.0 Å². The van der Waals surface area contributed by atoms with E-state index in [9.17, 15) is 4.79 Å². The van der Waals surface area contributed by atoms with E-state index in [0.29, 0.717) is 30.4 Å². The first kappa shape index (κ1) is 22.4. The number of rotatable bonds is 11. The summed E-state index contributed by atoms with van der Waals surface area (Å²) >= 11 is 1.35. The number of aromatic nitrogens is 3. The minimum atomic E-state index is -0.0102. The topological polar surface area (TPSA) is 60.2 Å². The Morgan fingerprint density at radius 3 is 2.42 bits per heavy atom. The third-order valence-corrected chi connectivity index (χ3v) is 5.52. The summed E-state index contributed by atoms with van der Waals surface area (Å²) in [4.78, 5) is 14.4. The molecule has 0 N–H and O–H groups in total. The second kappa shape index (κ2) is 11.2. The lowest BCUT2D eigenvalue weighted by molar-refractivity contribution is -0.127. The molecule has 0 bridgehead atoms. The van der Waals surface area contributed by atoms with Crippen LogP contribution in [0.3, 0.4) is 0 Å². The Balaban J connectivity index is 1.92. The second-order valence-corrected chi connectivity index (χ2v) is 7.68. The largest absolute Gasteiger partial charge is 0.495 e. The molecule has 160 valence electrons. The Morgan fingerprint density at radius 2 is 1.74 bits per heavy atom. The van der Waals surface area contributed by atoms with Crippen molar-refractivity contribution < 1.29 is 9.53 Å². The SMILES string of the molecule is C=CCN(CC=C)C(=O)CSc1nnc(Cc2ccccc2)n1-c1ccccc1OC. The van der Waals surface area contributed by atoms with Crippen molar-refractivity contribution in [3.05, 3.63) is 91.3 Å². The predicted octanol–water partition coefficient (Wildman–Crippen LogP) is 4.16. The third kappa shape index (κ3) is 5.64. The van der Waals surface area contributed by atoms with Crippen LogP contribution in [0.5, 0.6) is 5.75 Å². The van der Waals surface area contributed by atoms with E-state index in [0.717, 1.165) is 17.1 Å². The summed E-state index contributed by atoms with van der Waals surface area (Å²) in [6, 6.07) is 17.8. The predicted molar refractivity (Wildman–Crippen MR) is 125 cm³/mol. The highest BCUT2D eigenvalue weighted by Crippen LogP contribution is 2.29. The van der Waals surface area contributed by atoms with E-state index in [1.807, 2.05) is 47.0 Å². The Bertz CT molecular complexity index is 1020. The van der Waals surface area contributed by atoms with E-state index in [2.05, 4.69) is 35.5 Å². The van der Waals surface area contributed by atoms with Crippen LogP contribution in [0, 0.1) is 0 Å². The van der Waals surface area contributed by atoms with Gasteiger partial charge in [0.2, 0.25) is 5.91 Å². The first-order valence-electron chi connectivity index (χ1n) is 9.92. The Morgan fingerprint density at radius 1 is 1.06 bits per heavy atom. The van der Waals surface area contributed by atoms with Gasteiger partial charge in [0.1, 0.15) is 11.6 Å². The van der Waals surface area contributed by atoms with Crippen molar-refractivity contribution in [3.8, 4) is 11.4 Å². The van der Waals surface area contributed by atoms with Crippen LogP contribution < -0.4 is 4.74 Å². The minimum absolute atomic E-state index is 0.0102. The molecule has 0 spiro atoms. The van der Waals surface area contributed by atoms with Gasteiger partial charge in [-0.25, -0.2) is 0 Å². The molecule has 0 unspecified atom stereocenters. The average Bonchev–Trinajstić information content (AvgIpc) is 3.20. The van der Waals surface area contributed by atoms with Crippen LogP contribution in [0.4, 0.5) is 0 Å². The number of benzene rings is 2. The molecule has 3 aromatic rings. The molecular formula is C24H26N4O2S. The number of carbonyl (C=O) groups excluding carboxylic acids is 1. The molecule has 0 aliphatic rings. The molecule has 0 aliphatic carbocycles. The summed E-state index contributed by atoms with van der Waals surface area (Å²) in [5.74, 6) is 1.72. The molecule has 0 fully saturated rings. The lowest BCUT2D eigenvalue weighted by Gasteiger charge is -2.19. The summed E-state index contributed by atoms with van der Waals surface area (Å²) < 4.78 is 7.54. The summed E-state index contributed by atoms with van der Waals surface area (Å²) in [5, 5.41) is 9.47. The fourth-order valence-corrected chi connectivity index (χ4v) is 4.02. The maximum Gasteiger partial charge on any atom is 0.233 e. The van der Waals surface area contributed by atoms with Gasteiger partial charge >= 0.3 is 0 Å². The zero-order valence-corrected chi connectivity index (χ0v) is 18.4. The number of methoxy groups -OCH3 is 1. The lowest BCUT2D eigenvalue weighted by Crippen LogP contribution is -2.32. The molecule has 0 aliphatic heterocycles. The van der Waals surface area contributed by atoms with E-state index in [1.165, 1.54) is 11.8 Å². The number of ether oxygens (including phenoxy) is 1. The lowest BCUT2D eigenvalue weighted by atomic mass is 10.1. The first-order valence-corrected chi connectivity index (χ1v) is 10.9. The molecule has 1 heterocycles. The van der Waals surface area contributed by atoms with Crippen LogP contribution >= 0.6 is 11.8 Å². The summed E-state index contributed by atoms with van der Waals surface area (Å²) in [6.07, 6.45) is 4.03. The fraction of sp³-hybridized carbons (Fsp3) is 0.208. The Labute approximate surface area is 187 Å². The fourth-order valence-electron chi connectivity index (χ4n) is 3.15. The molecule has 6 nitrogen and oxygen atoms in total. The van der Waals surface area contributed by atoms with Gasteiger partial charge in [-0.3, -0.25) is 9.36 Å². The highest BCUT2D eigenvalue weighted by Gasteiger charge is 2.20. The monoisotopic (exact) mass is 434 g/mol. The van der Waals surface area contributed by atoms with Gasteiger partial charge in [-0.2, -0.15) is 0 Å². The molecule has 0 atom stereocenters. The quantitative estimate of drug-likeness (QED) is 0.335. The highest BCUT2D eigenvalue weighted by atomic mass is 32.2. The summed E-state index contributed by atoms with van der Waals surface area (Å²) in [6.45, 7) is 8.40. The smallest absolute Gasteiger partial charge is 0.233 e. The number of nitrogens with zero attached hydrogens (tertiary/aromatic N) is 4. The molecule has 0 radical (unpaired) electrons. The highest BCUT2D eigenvalue weighted by molar-refractivity contribution is 7.99. The van der Waals surface area contributed by atoms with Crippen molar-refractivity contribution in [1.29, 1.82) is 0 Å². The van der Waals surface area contributed by atoms with Crippen LogP contribution in [0.2, 0.25) is 0 Å². The van der Waals surface area contributed by atoms with Gasteiger partial charge in [-0.15, -0.1) is 23.4 Å². The van der Waals surface area contributed by atoms with Crippen LogP contribution in [-0.4, -0.2) is 51.5 Å². The zero-order chi connectivity index (χ0) is 22.1. The maximum absolute atomic E-state index is 12.7. The maximum atomic E-state index is 12.7. The number of amides is 1. The van der Waals surface area contributed by atoms with Gasteiger partial charge in [-0.1, -0.05) is 66.4 Å². The van der Waals surface area contributed by atoms with Crippen LogP contribution in [0.1, 0.15) is 11.4 Å². The van der Waals surface area contributed by atoms with Crippen LogP contribution in [0.25, 0.3) is 5.69 Å². The number of hydrogen-bond donors (Lipinski definition) is 0. The van der Waals surface area contributed by atoms with E-state index < -0.39 is 0 Å². The standard InChI is InChI=1S/C24H26N4O2S/c1-4-15-27(16-5-2)23(29)18-31-24-26-25-22(17-19-11-7-6-8-12-19)28(24)20-13-9-10-14-21(20)30-3/h4-14H,1-2,15-18H2,3H3. The van der Waals surface area contributed by atoms with Crippen molar-refractivity contribution in [3.63, 3.8) is 0 Å². The number of carbonyl (C=O) groups is 1. The number of para-hydroxylation sites is 2. The molecule has 3 rings (SSSR count). The summed E-state index contributed by atoms with van der Waals surface area (Å²) in [5.41, 5.74) is 1.96. The van der Waals surface area contributed by atoms with Crippen molar-refractivity contribution in [2.45, 2.75) is 11.6 Å². The van der Waals surface area contributed by atoms with E-state index in [4.69, 9.17) is 4.74 Å². The third-order valence-electron chi connectivity index (χ3n) is 4.61. The van der Waals surface area contributed by atoms with Gasteiger partial charge in [0.25, 0.3) is 0 Å². The van der Waals surface area contributed by atoms with Gasteiger partial charge in [0.05, 0.1) is 18.6 Å². The number of thioether (sulfide) groups is 1. The molecule has 2 aromatic carbocycles. The second-order valence-electron chi connectivity index (χ2n) is 6.73. The first-order chi connectivity index (χ1) is 15.2. The van der Waals surface area contributed by atoms with Crippen molar-refractivity contribution in [1.82, 2.24) is 19.7 Å². The average molecular weight is 435 g/mol. The van der Waals surface area contributed by atoms with Crippen molar-refractivity contribution >= 4 is 17.7 Å². The molecular weight excluding hydrogens is 408 g/mol. The number of hydrogen-bond acceptors (Lipinski definition) is 5. The normalized spacial score (nSPS) is 10.5.